The zero-order valence-electron chi connectivity index (χ0n) is 13.6. The Kier molecular flexibility index (Phi) is 3.90. The van der Waals surface area contributed by atoms with Gasteiger partial charge in [0.15, 0.2) is 0 Å². The molecule has 0 bridgehead atoms. The van der Waals surface area contributed by atoms with E-state index in [9.17, 15) is 14.7 Å². The Labute approximate surface area is 135 Å². The van der Waals surface area contributed by atoms with Crippen LogP contribution in [0.1, 0.15) is 33.1 Å². The van der Waals surface area contributed by atoms with Crippen LogP contribution in [-0.2, 0) is 19.1 Å². The molecule has 1 saturated heterocycles. The largest absolute Gasteiger partial charge is 0.457 e. The van der Waals surface area contributed by atoms with Crippen molar-refractivity contribution in [2.24, 2.45) is 17.3 Å². The third-order valence-corrected chi connectivity index (χ3v) is 6.22. The molecule has 0 aromatic carbocycles. The number of fused-ring (bicyclic) bond motifs is 3. The van der Waals surface area contributed by atoms with Crippen LogP contribution in [-0.4, -0.2) is 53.0 Å². The lowest BCUT2D eigenvalue weighted by Gasteiger charge is -2.46. The third-order valence-electron chi connectivity index (χ3n) is 6.22. The quantitative estimate of drug-likeness (QED) is 0.583. The molecule has 1 heterocycles. The fourth-order valence-corrected chi connectivity index (χ4v) is 4.79. The molecule has 6 nitrogen and oxygen atoms in total. The Morgan fingerprint density at radius 2 is 2.09 bits per heavy atom. The highest BCUT2D eigenvalue weighted by atomic mass is 16.6. The first-order valence-corrected chi connectivity index (χ1v) is 8.16. The average Bonchev–Trinajstić information content (AvgIpc) is 2.88. The Morgan fingerprint density at radius 1 is 1.39 bits per heavy atom. The predicted molar refractivity (Wildman–Crippen MR) is 80.4 cm³/mol. The van der Waals surface area contributed by atoms with E-state index in [1.54, 1.807) is 6.92 Å². The molecular formula is C17H24O6. The maximum absolute atomic E-state index is 12.8. The summed E-state index contributed by atoms with van der Waals surface area (Å²) in [6, 6.07) is 0. The van der Waals surface area contributed by atoms with Crippen LogP contribution in [0, 0.1) is 17.3 Å². The zero-order chi connectivity index (χ0) is 17.0. The fourth-order valence-electron chi connectivity index (χ4n) is 4.79. The van der Waals surface area contributed by atoms with Gasteiger partial charge in [0.2, 0.25) is 0 Å². The lowest BCUT2D eigenvalue weighted by atomic mass is 9.64. The van der Waals surface area contributed by atoms with Crippen LogP contribution in [0.25, 0.3) is 0 Å². The molecule has 23 heavy (non-hydrogen) atoms. The molecule has 2 saturated carbocycles. The summed E-state index contributed by atoms with van der Waals surface area (Å²) in [6.45, 7) is 7.28. The van der Waals surface area contributed by atoms with Gasteiger partial charge in [-0.15, -0.1) is 0 Å². The number of ketones is 1. The summed E-state index contributed by atoms with van der Waals surface area (Å²) in [5.74, 6) is -1.08. The average molecular weight is 324 g/mol. The van der Waals surface area contributed by atoms with Gasteiger partial charge in [-0.05, 0) is 25.7 Å². The number of hydrogen-bond acceptors (Lipinski definition) is 6. The molecule has 2 N–H and O–H groups in total. The minimum Gasteiger partial charge on any atom is -0.457 e. The van der Waals surface area contributed by atoms with Gasteiger partial charge >= 0.3 is 5.97 Å². The second-order valence-electron chi connectivity index (χ2n) is 7.17. The summed E-state index contributed by atoms with van der Waals surface area (Å²) in [5, 5.41) is 20.6. The van der Waals surface area contributed by atoms with Gasteiger partial charge in [-0.3, -0.25) is 4.79 Å². The van der Waals surface area contributed by atoms with E-state index in [0.717, 1.165) is 0 Å². The maximum Gasteiger partial charge on any atom is 0.334 e. The standard InChI is InChI=1S/C17H24O6/c1-9-4-5-11-10(2)15(20)23-14(11)16(3)12(19)8-13(17(9,16)21)22-7-6-18/h9,11,13-14,18,21H,2,4-8H2,1,3H3. The van der Waals surface area contributed by atoms with Crippen LogP contribution in [0.3, 0.4) is 0 Å². The van der Waals surface area contributed by atoms with Gasteiger partial charge in [0.25, 0.3) is 0 Å². The molecule has 1 aliphatic heterocycles. The van der Waals surface area contributed by atoms with E-state index in [1.165, 1.54) is 0 Å². The van der Waals surface area contributed by atoms with Gasteiger partial charge in [0.05, 0.1) is 24.7 Å². The second-order valence-corrected chi connectivity index (χ2v) is 7.17. The Hall–Kier alpha value is -1.24. The Bertz CT molecular complexity index is 557. The first-order chi connectivity index (χ1) is 10.8. The number of aliphatic hydroxyl groups excluding tert-OH is 1. The van der Waals surface area contributed by atoms with Crippen molar-refractivity contribution in [3.05, 3.63) is 12.2 Å². The first kappa shape index (κ1) is 16.6. The van der Waals surface area contributed by atoms with E-state index in [2.05, 4.69) is 6.58 Å². The van der Waals surface area contributed by atoms with Crippen molar-refractivity contribution in [1.82, 2.24) is 0 Å². The summed E-state index contributed by atoms with van der Waals surface area (Å²) in [6.07, 6.45) is -0.0465. The van der Waals surface area contributed by atoms with E-state index in [1.807, 2.05) is 6.92 Å². The molecule has 2 aliphatic carbocycles. The minimum absolute atomic E-state index is 0.0592. The maximum atomic E-state index is 12.8. The Morgan fingerprint density at radius 3 is 2.74 bits per heavy atom. The first-order valence-electron chi connectivity index (χ1n) is 8.16. The number of ether oxygens (including phenoxy) is 2. The molecule has 0 amide bonds. The molecule has 0 aromatic rings. The van der Waals surface area contributed by atoms with Crippen molar-refractivity contribution in [2.75, 3.05) is 13.2 Å². The van der Waals surface area contributed by atoms with Crippen molar-refractivity contribution in [3.63, 3.8) is 0 Å². The summed E-state index contributed by atoms with van der Waals surface area (Å²) < 4.78 is 11.1. The molecule has 0 aromatic heterocycles. The van der Waals surface area contributed by atoms with E-state index in [0.29, 0.717) is 18.4 Å². The molecule has 0 radical (unpaired) electrons. The monoisotopic (exact) mass is 324 g/mol. The number of carbonyl (C=O) groups is 2. The van der Waals surface area contributed by atoms with E-state index in [4.69, 9.17) is 14.6 Å². The van der Waals surface area contributed by atoms with E-state index in [-0.39, 0.29) is 37.3 Å². The molecule has 128 valence electrons. The van der Waals surface area contributed by atoms with Crippen LogP contribution >= 0.6 is 0 Å². The smallest absolute Gasteiger partial charge is 0.334 e. The normalized spacial score (nSPS) is 46.3. The molecule has 6 atom stereocenters. The SMILES string of the molecule is C=C1C(=O)OC2C1CCC(C)C1(O)C(OCCO)CC(=O)C21C. The molecule has 0 spiro atoms. The number of aliphatic hydroxyl groups is 2. The van der Waals surface area contributed by atoms with Crippen molar-refractivity contribution in [2.45, 2.75) is 50.9 Å². The van der Waals surface area contributed by atoms with Gasteiger partial charge in [0.1, 0.15) is 17.5 Å². The van der Waals surface area contributed by atoms with Crippen molar-refractivity contribution in [3.8, 4) is 0 Å². The fraction of sp³-hybridized carbons (Fsp3) is 0.765. The number of rotatable bonds is 3. The Balaban J connectivity index is 2.07. The molecule has 3 fully saturated rings. The van der Waals surface area contributed by atoms with Crippen LogP contribution in [0.2, 0.25) is 0 Å². The van der Waals surface area contributed by atoms with Gasteiger partial charge in [-0.25, -0.2) is 4.79 Å². The molecular weight excluding hydrogens is 300 g/mol. The molecule has 3 rings (SSSR count). The summed E-state index contributed by atoms with van der Waals surface area (Å²) in [5.41, 5.74) is -2.26. The minimum atomic E-state index is -1.43. The number of carbonyl (C=O) groups excluding carboxylic acids is 2. The van der Waals surface area contributed by atoms with Crippen LogP contribution in [0.15, 0.2) is 12.2 Å². The second kappa shape index (κ2) is 5.40. The van der Waals surface area contributed by atoms with Crippen molar-refractivity contribution < 1.29 is 29.3 Å². The topological polar surface area (TPSA) is 93.1 Å². The number of esters is 1. The lowest BCUT2D eigenvalue weighted by molar-refractivity contribution is -0.198. The lowest BCUT2D eigenvalue weighted by Crippen LogP contribution is -2.60. The van der Waals surface area contributed by atoms with Gasteiger partial charge in [-0.1, -0.05) is 13.5 Å². The highest BCUT2D eigenvalue weighted by molar-refractivity contribution is 5.95. The third kappa shape index (κ3) is 1.98. The van der Waals surface area contributed by atoms with E-state index >= 15 is 0 Å². The zero-order valence-corrected chi connectivity index (χ0v) is 13.6. The summed E-state index contributed by atoms with van der Waals surface area (Å²) >= 11 is 0. The number of hydrogen-bond donors (Lipinski definition) is 2. The highest BCUT2D eigenvalue weighted by Crippen LogP contribution is 2.59. The van der Waals surface area contributed by atoms with E-state index < -0.39 is 29.2 Å². The van der Waals surface area contributed by atoms with Crippen molar-refractivity contribution >= 4 is 11.8 Å². The van der Waals surface area contributed by atoms with Crippen LogP contribution < -0.4 is 0 Å². The van der Waals surface area contributed by atoms with Gasteiger partial charge < -0.3 is 19.7 Å². The van der Waals surface area contributed by atoms with Crippen LogP contribution in [0.4, 0.5) is 0 Å². The van der Waals surface area contributed by atoms with Crippen LogP contribution in [0.5, 0.6) is 0 Å². The summed E-state index contributed by atoms with van der Waals surface area (Å²) in [7, 11) is 0. The van der Waals surface area contributed by atoms with Gasteiger partial charge in [0, 0.05) is 17.9 Å². The number of Topliss-reactive ketones (excluding diaryl/α,β-unsaturated/α-hetero) is 1. The van der Waals surface area contributed by atoms with Crippen molar-refractivity contribution in [1.29, 1.82) is 0 Å². The molecule has 6 unspecified atom stereocenters. The predicted octanol–water partition coefficient (Wildman–Crippen LogP) is 0.602. The summed E-state index contributed by atoms with van der Waals surface area (Å²) in [4.78, 5) is 24.8. The van der Waals surface area contributed by atoms with Gasteiger partial charge in [-0.2, -0.15) is 0 Å². The highest BCUT2D eigenvalue weighted by Gasteiger charge is 2.72. The molecule has 6 heteroatoms. The molecule has 3 aliphatic rings.